The molecule has 8 nitrogen and oxygen atoms in total. The fourth-order valence-electron chi connectivity index (χ4n) is 0. The molecule has 0 rings (SSSR count). The molecule has 0 saturated heterocycles. The van der Waals surface area contributed by atoms with Gasteiger partial charge in [-0.05, 0) is 0 Å². The zero-order valence-electron chi connectivity index (χ0n) is 4.38. The third kappa shape index (κ3) is 7920. The maximum atomic E-state index is 0. The topological polar surface area (TPSA) is 252 Å². The molecule has 9 heteroatoms. The van der Waals surface area contributed by atoms with Gasteiger partial charge in [0.25, 0.3) is 0 Å². The van der Waals surface area contributed by atoms with Gasteiger partial charge in [-0.1, -0.05) is 0 Å². The van der Waals surface area contributed by atoms with Crippen molar-refractivity contribution in [2.24, 2.45) is 0 Å². The Morgan fingerprint density at radius 2 is 0.222 bits per heavy atom. The second-order valence-corrected chi connectivity index (χ2v) is 0. The van der Waals surface area contributed by atoms with E-state index in [0.717, 1.165) is 0 Å². The molecule has 9 heavy (non-hydrogen) atoms. The third-order valence-corrected chi connectivity index (χ3v) is 0. The van der Waals surface area contributed by atoms with E-state index in [9.17, 15) is 0 Å². The molecule has 71 valence electrons. The Hall–Kier alpha value is 0.199. The van der Waals surface area contributed by atoms with Crippen molar-refractivity contribution in [2.45, 2.75) is 0 Å². The average Bonchev–Trinajstić information content (AvgIpc) is 0. The van der Waals surface area contributed by atoms with Crippen molar-refractivity contribution in [1.29, 1.82) is 0 Å². The van der Waals surface area contributed by atoms with Crippen LogP contribution in [-0.2, 0) is 17.1 Å². The van der Waals surface area contributed by atoms with Crippen molar-refractivity contribution in [3.8, 4) is 0 Å². The zero-order valence-corrected chi connectivity index (χ0v) is 5.56. The Morgan fingerprint density at radius 1 is 0.222 bits per heavy atom. The Morgan fingerprint density at radius 3 is 0.222 bits per heavy atom. The zero-order chi connectivity index (χ0) is 0. The quantitative estimate of drug-likeness (QED) is 0.329. The average molecular weight is 199 g/mol. The molecular formula is H16MnO8. The molecule has 0 aliphatic heterocycles. The van der Waals surface area contributed by atoms with Gasteiger partial charge in [-0.2, -0.15) is 0 Å². The fourth-order valence-corrected chi connectivity index (χ4v) is 0. The smallest absolute Gasteiger partial charge is 0 e. The van der Waals surface area contributed by atoms with Gasteiger partial charge in [0.05, 0.1) is 0 Å². The first-order chi connectivity index (χ1) is 0. The normalized spacial score (nSPS) is 0. The summed E-state index contributed by atoms with van der Waals surface area (Å²) in [5.74, 6) is 0. The Labute approximate surface area is 61.8 Å². The van der Waals surface area contributed by atoms with E-state index in [2.05, 4.69) is 0 Å². The van der Waals surface area contributed by atoms with Gasteiger partial charge < -0.3 is 43.8 Å². The molecule has 0 fully saturated rings. The van der Waals surface area contributed by atoms with E-state index in [1.807, 2.05) is 0 Å². The Balaban J connectivity index is 0. The van der Waals surface area contributed by atoms with Gasteiger partial charge in [0.1, 0.15) is 0 Å². The summed E-state index contributed by atoms with van der Waals surface area (Å²) < 4.78 is 0. The molecule has 0 atom stereocenters. The minimum absolute atomic E-state index is 0. The van der Waals surface area contributed by atoms with Gasteiger partial charge >= 0.3 is 0 Å². The monoisotopic (exact) mass is 199 g/mol. The molecule has 0 aromatic rings. The van der Waals surface area contributed by atoms with Crippen LogP contribution >= 0.6 is 0 Å². The first kappa shape index (κ1) is 15500. The molecule has 1 radical (unpaired) electrons. The van der Waals surface area contributed by atoms with Gasteiger partial charge in [-0.25, -0.2) is 0 Å². The van der Waals surface area contributed by atoms with Crippen LogP contribution in [0.3, 0.4) is 0 Å². The molecule has 0 aromatic heterocycles. The van der Waals surface area contributed by atoms with Crippen molar-refractivity contribution in [1.82, 2.24) is 0 Å². The molecular weight excluding hydrogens is 183 g/mol. The molecule has 0 aliphatic rings. The number of rotatable bonds is 0. The van der Waals surface area contributed by atoms with Gasteiger partial charge in [-0.15, -0.1) is 0 Å². The Kier molecular flexibility index (Phi) is 18400000. The summed E-state index contributed by atoms with van der Waals surface area (Å²) in [6, 6.07) is 0. The molecule has 16 N–H and O–H groups in total. The van der Waals surface area contributed by atoms with E-state index < -0.39 is 0 Å². The number of hydrogen-bond donors (Lipinski definition) is 0. The minimum atomic E-state index is 0. The largest absolute Gasteiger partial charge is 0.412 e. The molecule has 0 amide bonds. The van der Waals surface area contributed by atoms with Crippen LogP contribution in [0, 0.1) is 0 Å². The predicted molar refractivity (Wildman–Crippen MR) is 28.9 cm³/mol. The van der Waals surface area contributed by atoms with Crippen molar-refractivity contribution in [3.63, 3.8) is 0 Å². The predicted octanol–water partition coefficient (Wildman–Crippen LogP) is -6.60. The van der Waals surface area contributed by atoms with E-state index in [-0.39, 0.29) is 60.9 Å². The van der Waals surface area contributed by atoms with Crippen molar-refractivity contribution < 1.29 is 60.9 Å². The van der Waals surface area contributed by atoms with Crippen LogP contribution in [-0.4, -0.2) is 43.8 Å². The van der Waals surface area contributed by atoms with Gasteiger partial charge in [0.2, 0.25) is 0 Å². The van der Waals surface area contributed by atoms with Gasteiger partial charge in [0, 0.05) is 17.1 Å². The van der Waals surface area contributed by atoms with Crippen molar-refractivity contribution in [2.75, 3.05) is 0 Å². The van der Waals surface area contributed by atoms with Crippen LogP contribution in [0.15, 0.2) is 0 Å². The summed E-state index contributed by atoms with van der Waals surface area (Å²) in [6.07, 6.45) is 0. The Bertz CT molecular complexity index is 4.53. The molecule has 0 aromatic carbocycles. The second kappa shape index (κ2) is 10700. The molecule has 0 aliphatic carbocycles. The van der Waals surface area contributed by atoms with Crippen LogP contribution in [0.25, 0.3) is 0 Å². The number of hydrogen-bond acceptors (Lipinski definition) is 0. The van der Waals surface area contributed by atoms with E-state index >= 15 is 0 Å². The van der Waals surface area contributed by atoms with E-state index in [1.54, 1.807) is 0 Å². The van der Waals surface area contributed by atoms with Gasteiger partial charge in [-0.3, -0.25) is 0 Å². The van der Waals surface area contributed by atoms with Crippen molar-refractivity contribution in [3.05, 3.63) is 0 Å². The second-order valence-electron chi connectivity index (χ2n) is 0. The van der Waals surface area contributed by atoms with Gasteiger partial charge in [0.15, 0.2) is 0 Å². The third-order valence-electron chi connectivity index (χ3n) is 0. The first-order valence-corrected chi connectivity index (χ1v) is 0. The first-order valence-electron chi connectivity index (χ1n) is 0. The van der Waals surface area contributed by atoms with E-state index in [1.165, 1.54) is 0 Å². The maximum Gasteiger partial charge on any atom is 0 e. The van der Waals surface area contributed by atoms with E-state index in [4.69, 9.17) is 0 Å². The van der Waals surface area contributed by atoms with E-state index in [0.29, 0.717) is 0 Å². The SMILES string of the molecule is O.O.O.O.O.O.O.O.[Mn]. The van der Waals surface area contributed by atoms with Crippen molar-refractivity contribution >= 4 is 0 Å². The summed E-state index contributed by atoms with van der Waals surface area (Å²) in [6.45, 7) is 0. The van der Waals surface area contributed by atoms with Crippen LogP contribution in [0.1, 0.15) is 0 Å². The summed E-state index contributed by atoms with van der Waals surface area (Å²) in [7, 11) is 0. The summed E-state index contributed by atoms with van der Waals surface area (Å²) in [4.78, 5) is 0. The van der Waals surface area contributed by atoms with Crippen LogP contribution in [0.5, 0.6) is 0 Å². The molecule has 0 heterocycles. The summed E-state index contributed by atoms with van der Waals surface area (Å²) >= 11 is 0. The summed E-state index contributed by atoms with van der Waals surface area (Å²) in [5.41, 5.74) is 0. The molecule has 0 bridgehead atoms. The fraction of sp³-hybridized carbons (Fsp3) is 0. The molecule has 0 saturated carbocycles. The maximum absolute atomic E-state index is 0. The van der Waals surface area contributed by atoms with Crippen LogP contribution in [0.2, 0.25) is 0 Å². The summed E-state index contributed by atoms with van der Waals surface area (Å²) in [5, 5.41) is 0. The molecule has 0 spiro atoms. The molecule has 0 unspecified atom stereocenters. The van der Waals surface area contributed by atoms with Crippen LogP contribution in [0.4, 0.5) is 0 Å². The van der Waals surface area contributed by atoms with Crippen LogP contribution < -0.4 is 0 Å². The standard InChI is InChI=1S/Mn.8H2O/h;8*1H2. The minimum Gasteiger partial charge on any atom is -0.412 e.